The molecule has 96 valence electrons. The molecule has 0 aliphatic heterocycles. The zero-order valence-electron chi connectivity index (χ0n) is 10.3. The summed E-state index contributed by atoms with van der Waals surface area (Å²) in [7, 11) is 0. The highest BCUT2D eigenvalue weighted by molar-refractivity contribution is 5.38. The summed E-state index contributed by atoms with van der Waals surface area (Å²) >= 11 is 0. The average molecular weight is 257 g/mol. The second-order valence-electron chi connectivity index (χ2n) is 4.25. The highest BCUT2D eigenvalue weighted by atomic mass is 19.1. The lowest BCUT2D eigenvalue weighted by Gasteiger charge is -2.14. The summed E-state index contributed by atoms with van der Waals surface area (Å²) in [4.78, 5) is 4.44. The smallest absolute Gasteiger partial charge is 0.143 e. The zero-order chi connectivity index (χ0) is 13.8. The fourth-order valence-corrected chi connectivity index (χ4v) is 1.84. The molecule has 4 heteroatoms. The lowest BCUT2D eigenvalue weighted by atomic mass is 9.99. The molecule has 0 aromatic heterocycles. The lowest BCUT2D eigenvalue weighted by molar-refractivity contribution is -0.270. The van der Waals surface area contributed by atoms with Gasteiger partial charge < -0.3 is 0 Å². The molecule has 0 saturated heterocycles. The summed E-state index contributed by atoms with van der Waals surface area (Å²) in [6.45, 7) is 1.94. The second-order valence-corrected chi connectivity index (χ2v) is 4.25. The average Bonchev–Trinajstić information content (AvgIpc) is 2.42. The molecule has 0 radical (unpaired) electrons. The maximum absolute atomic E-state index is 13.6. The summed E-state index contributed by atoms with van der Waals surface area (Å²) in [6.07, 6.45) is -0.775. The van der Waals surface area contributed by atoms with E-state index < -0.39 is 11.9 Å². The van der Waals surface area contributed by atoms with Gasteiger partial charge in [0.2, 0.25) is 0 Å². The molecule has 3 nitrogen and oxygen atoms in total. The Morgan fingerprint density at radius 2 is 1.79 bits per heavy atom. The first-order valence-corrected chi connectivity index (χ1v) is 5.72. The van der Waals surface area contributed by atoms with Crippen LogP contribution >= 0.6 is 0 Å². The van der Waals surface area contributed by atoms with Crippen LogP contribution in [0.5, 0.6) is 0 Å². The van der Waals surface area contributed by atoms with E-state index in [4.69, 9.17) is 10.5 Å². The molecule has 0 fully saturated rings. The molecule has 0 heterocycles. The van der Waals surface area contributed by atoms with E-state index in [1.165, 1.54) is 12.1 Å². The Morgan fingerprint density at radius 3 is 2.32 bits per heavy atom. The van der Waals surface area contributed by atoms with E-state index in [9.17, 15) is 4.39 Å². The van der Waals surface area contributed by atoms with Crippen molar-refractivity contribution in [2.24, 2.45) is 0 Å². The molecule has 1 unspecified atom stereocenters. The number of nitriles is 1. The van der Waals surface area contributed by atoms with Crippen molar-refractivity contribution in [3.63, 3.8) is 0 Å². The van der Waals surface area contributed by atoms with E-state index in [1.807, 2.05) is 19.1 Å². The second kappa shape index (κ2) is 5.61. The Morgan fingerprint density at radius 1 is 1.16 bits per heavy atom. The Bertz CT molecular complexity index is 617. The normalized spacial score (nSPS) is 11.9. The van der Waals surface area contributed by atoms with E-state index in [1.54, 1.807) is 24.3 Å². The minimum atomic E-state index is -0.775. The molecule has 2 aromatic carbocycles. The highest BCUT2D eigenvalue weighted by Gasteiger charge is 2.16. The van der Waals surface area contributed by atoms with Gasteiger partial charge in [-0.15, -0.1) is 0 Å². The molecule has 0 saturated carbocycles. The van der Waals surface area contributed by atoms with Gasteiger partial charge in [-0.05, 0) is 30.2 Å². The van der Waals surface area contributed by atoms with Crippen LogP contribution < -0.4 is 0 Å². The van der Waals surface area contributed by atoms with Gasteiger partial charge in [0.1, 0.15) is 18.0 Å². The molecular weight excluding hydrogens is 245 g/mol. The number of benzene rings is 2. The zero-order valence-corrected chi connectivity index (χ0v) is 10.3. The Hall–Kier alpha value is -2.22. The van der Waals surface area contributed by atoms with Crippen LogP contribution in [0.3, 0.4) is 0 Å². The first-order valence-electron chi connectivity index (χ1n) is 5.72. The molecule has 1 N–H and O–H groups in total. The van der Waals surface area contributed by atoms with Crippen LogP contribution in [0.15, 0.2) is 42.5 Å². The van der Waals surface area contributed by atoms with E-state index in [2.05, 4.69) is 4.89 Å². The minimum absolute atomic E-state index is 0.0376. The molecule has 19 heavy (non-hydrogen) atoms. The molecule has 0 spiro atoms. The largest absolute Gasteiger partial charge is 0.251 e. The molecule has 0 bridgehead atoms. The van der Waals surface area contributed by atoms with Crippen molar-refractivity contribution in [1.29, 1.82) is 5.26 Å². The summed E-state index contributed by atoms with van der Waals surface area (Å²) in [5.74, 6) is -0.630. The predicted octanol–water partition coefficient (Wildman–Crippen LogP) is 3.58. The molecule has 0 aliphatic rings. The highest BCUT2D eigenvalue weighted by Crippen LogP contribution is 2.26. The minimum Gasteiger partial charge on any atom is -0.251 e. The number of rotatable bonds is 3. The first kappa shape index (κ1) is 13.2. The van der Waals surface area contributed by atoms with Gasteiger partial charge in [-0.25, -0.2) is 9.28 Å². The van der Waals surface area contributed by atoms with Gasteiger partial charge in [0.15, 0.2) is 0 Å². The van der Waals surface area contributed by atoms with Crippen molar-refractivity contribution in [3.05, 3.63) is 70.5 Å². The third-order valence-electron chi connectivity index (χ3n) is 2.90. The monoisotopic (exact) mass is 257 g/mol. The van der Waals surface area contributed by atoms with Crippen molar-refractivity contribution in [1.82, 2.24) is 0 Å². The Labute approximate surface area is 110 Å². The van der Waals surface area contributed by atoms with Gasteiger partial charge in [0.25, 0.3) is 0 Å². The number of hydrogen-bond acceptors (Lipinski definition) is 3. The number of aryl methyl sites for hydroxylation is 1. The van der Waals surface area contributed by atoms with Crippen LogP contribution in [-0.2, 0) is 4.89 Å². The Balaban J connectivity index is 2.40. The van der Waals surface area contributed by atoms with Crippen molar-refractivity contribution in [3.8, 4) is 6.07 Å². The fourth-order valence-electron chi connectivity index (χ4n) is 1.84. The van der Waals surface area contributed by atoms with E-state index in [0.717, 1.165) is 5.56 Å². The number of halogens is 1. The van der Waals surface area contributed by atoms with Gasteiger partial charge in [0.05, 0.1) is 5.56 Å². The van der Waals surface area contributed by atoms with Crippen LogP contribution in [0.1, 0.15) is 28.4 Å². The standard InChI is InChI=1S/C15H12FNO2/c1-10-2-4-11(5-3-10)15(19-18)12-6-7-13(9-17)14(16)8-12/h2-8,15,18H,1H3. The van der Waals surface area contributed by atoms with Crippen LogP contribution in [0.2, 0.25) is 0 Å². The third-order valence-corrected chi connectivity index (χ3v) is 2.90. The summed E-state index contributed by atoms with van der Waals surface area (Å²) in [6, 6.07) is 13.2. The predicted molar refractivity (Wildman–Crippen MR) is 67.9 cm³/mol. The van der Waals surface area contributed by atoms with Crippen molar-refractivity contribution < 1.29 is 14.5 Å². The first-order chi connectivity index (χ1) is 9.15. The molecule has 0 aliphatic carbocycles. The molecule has 2 rings (SSSR count). The quantitative estimate of drug-likeness (QED) is 0.675. The van der Waals surface area contributed by atoms with Crippen LogP contribution in [0.25, 0.3) is 0 Å². The van der Waals surface area contributed by atoms with Crippen LogP contribution in [0.4, 0.5) is 4.39 Å². The molecule has 1 atom stereocenters. The SMILES string of the molecule is Cc1ccc(C(OO)c2ccc(C#N)c(F)c2)cc1. The van der Waals surface area contributed by atoms with Gasteiger partial charge in [-0.2, -0.15) is 5.26 Å². The maximum atomic E-state index is 13.6. The molecular formula is C15H12FNO2. The topological polar surface area (TPSA) is 53.2 Å². The van der Waals surface area contributed by atoms with E-state index in [-0.39, 0.29) is 5.56 Å². The van der Waals surface area contributed by atoms with Gasteiger partial charge in [-0.3, -0.25) is 5.26 Å². The summed E-state index contributed by atoms with van der Waals surface area (Å²) in [5.41, 5.74) is 2.19. The molecule has 0 amide bonds. The number of hydrogen-bond donors (Lipinski definition) is 1. The van der Waals surface area contributed by atoms with Crippen molar-refractivity contribution in [2.45, 2.75) is 13.0 Å². The fraction of sp³-hybridized carbons (Fsp3) is 0.133. The summed E-state index contributed by atoms with van der Waals surface area (Å²) in [5, 5.41) is 17.7. The van der Waals surface area contributed by atoms with Crippen molar-refractivity contribution >= 4 is 0 Å². The van der Waals surface area contributed by atoms with Crippen LogP contribution in [0, 0.1) is 24.1 Å². The van der Waals surface area contributed by atoms with Crippen LogP contribution in [-0.4, -0.2) is 5.26 Å². The van der Waals surface area contributed by atoms with Gasteiger partial charge >= 0.3 is 0 Å². The Kier molecular flexibility index (Phi) is 3.91. The van der Waals surface area contributed by atoms with Gasteiger partial charge in [-0.1, -0.05) is 35.9 Å². The van der Waals surface area contributed by atoms with E-state index in [0.29, 0.717) is 11.1 Å². The maximum Gasteiger partial charge on any atom is 0.143 e. The summed E-state index contributed by atoms with van der Waals surface area (Å²) < 4.78 is 13.6. The van der Waals surface area contributed by atoms with Crippen molar-refractivity contribution in [2.75, 3.05) is 0 Å². The third kappa shape index (κ3) is 2.79. The number of nitrogens with zero attached hydrogens (tertiary/aromatic N) is 1. The lowest BCUT2D eigenvalue weighted by Crippen LogP contribution is -2.04. The van der Waals surface area contributed by atoms with Gasteiger partial charge in [0, 0.05) is 0 Å². The van der Waals surface area contributed by atoms with E-state index >= 15 is 0 Å². The molecule has 2 aromatic rings.